The van der Waals surface area contributed by atoms with E-state index in [-0.39, 0.29) is 6.61 Å². The number of anilines is 2. The average Bonchev–Trinajstić information content (AvgIpc) is 2.48. The molecule has 1 fully saturated rings. The third-order valence-corrected chi connectivity index (χ3v) is 4.13. The van der Waals surface area contributed by atoms with Crippen molar-refractivity contribution < 1.29 is 5.11 Å². The molecule has 0 radical (unpaired) electrons. The van der Waals surface area contributed by atoms with Crippen LogP contribution in [0.1, 0.15) is 32.6 Å². The largest absolute Gasteiger partial charge is 0.395 e. The van der Waals surface area contributed by atoms with Crippen LogP contribution >= 0.6 is 0 Å². The average molecular weight is 277 g/mol. The Labute approximate surface area is 122 Å². The summed E-state index contributed by atoms with van der Waals surface area (Å²) in [5.41, 5.74) is 8.27. The summed E-state index contributed by atoms with van der Waals surface area (Å²) >= 11 is 0. The molecule has 112 valence electrons. The Morgan fingerprint density at radius 2 is 1.85 bits per heavy atom. The van der Waals surface area contributed by atoms with Crippen LogP contribution in [0.2, 0.25) is 0 Å². The van der Waals surface area contributed by atoms with E-state index < -0.39 is 0 Å². The van der Waals surface area contributed by atoms with Crippen molar-refractivity contribution in [1.82, 2.24) is 0 Å². The van der Waals surface area contributed by atoms with E-state index in [9.17, 15) is 0 Å². The molecule has 4 heteroatoms. The van der Waals surface area contributed by atoms with Crippen molar-refractivity contribution in [1.29, 1.82) is 0 Å². The van der Waals surface area contributed by atoms with Crippen molar-refractivity contribution in [3.05, 3.63) is 24.3 Å². The second kappa shape index (κ2) is 7.50. The van der Waals surface area contributed by atoms with E-state index in [1.165, 1.54) is 5.69 Å². The molecule has 0 spiro atoms. The Hall–Kier alpha value is -1.26. The maximum absolute atomic E-state index is 9.06. The predicted octanol–water partition coefficient (Wildman–Crippen LogP) is 2.19. The van der Waals surface area contributed by atoms with Gasteiger partial charge in [-0.05, 0) is 56.9 Å². The summed E-state index contributed by atoms with van der Waals surface area (Å²) in [6.45, 7) is 3.89. The summed E-state index contributed by atoms with van der Waals surface area (Å²) in [5.74, 6) is 0. The molecule has 20 heavy (non-hydrogen) atoms. The lowest BCUT2D eigenvalue weighted by atomic mass is 9.91. The van der Waals surface area contributed by atoms with Crippen LogP contribution in [0.5, 0.6) is 0 Å². The second-order valence-electron chi connectivity index (χ2n) is 5.61. The number of hydrogen-bond donors (Lipinski definition) is 3. The number of nitrogens with zero attached hydrogens (tertiary/aromatic N) is 1. The van der Waals surface area contributed by atoms with Gasteiger partial charge in [-0.3, -0.25) is 0 Å². The summed E-state index contributed by atoms with van der Waals surface area (Å²) in [5, 5.41) is 12.7. The molecule has 1 aromatic carbocycles. The number of aliphatic hydroxyl groups excluding tert-OH is 1. The fraction of sp³-hybridized carbons (Fsp3) is 0.625. The van der Waals surface area contributed by atoms with Crippen LogP contribution in [0.15, 0.2) is 24.3 Å². The third-order valence-electron chi connectivity index (χ3n) is 4.13. The van der Waals surface area contributed by atoms with Crippen LogP contribution < -0.4 is 16.0 Å². The number of rotatable bonds is 6. The van der Waals surface area contributed by atoms with E-state index in [4.69, 9.17) is 10.8 Å². The molecule has 1 aliphatic rings. The molecule has 1 aliphatic carbocycles. The molecule has 0 atom stereocenters. The highest BCUT2D eigenvalue weighted by Gasteiger charge is 2.18. The van der Waals surface area contributed by atoms with Gasteiger partial charge in [0.05, 0.1) is 6.61 Å². The van der Waals surface area contributed by atoms with E-state index >= 15 is 0 Å². The minimum Gasteiger partial charge on any atom is -0.395 e. The maximum Gasteiger partial charge on any atom is 0.0606 e. The van der Waals surface area contributed by atoms with Crippen LogP contribution in [-0.4, -0.2) is 36.9 Å². The van der Waals surface area contributed by atoms with Gasteiger partial charge in [0.2, 0.25) is 0 Å². The van der Waals surface area contributed by atoms with Crippen molar-refractivity contribution in [2.24, 2.45) is 5.73 Å². The first-order chi connectivity index (χ1) is 9.72. The van der Waals surface area contributed by atoms with Crippen molar-refractivity contribution in [3.63, 3.8) is 0 Å². The third kappa shape index (κ3) is 4.12. The zero-order valence-electron chi connectivity index (χ0n) is 12.4. The highest BCUT2D eigenvalue weighted by atomic mass is 16.3. The van der Waals surface area contributed by atoms with E-state index in [1.54, 1.807) is 0 Å². The predicted molar refractivity (Wildman–Crippen MR) is 85.3 cm³/mol. The molecule has 4 N–H and O–H groups in total. The Balaban J connectivity index is 1.91. The Morgan fingerprint density at radius 1 is 1.20 bits per heavy atom. The second-order valence-corrected chi connectivity index (χ2v) is 5.61. The van der Waals surface area contributed by atoms with Crippen molar-refractivity contribution in [2.45, 2.75) is 44.7 Å². The summed E-state index contributed by atoms with van der Waals surface area (Å²) in [7, 11) is 0. The minimum atomic E-state index is 0.191. The number of nitrogens with two attached hydrogens (primary N) is 1. The molecule has 4 nitrogen and oxygen atoms in total. The van der Waals surface area contributed by atoms with Crippen LogP contribution in [0.25, 0.3) is 0 Å². The molecule has 0 unspecified atom stereocenters. The van der Waals surface area contributed by atoms with Gasteiger partial charge in [-0.2, -0.15) is 0 Å². The number of nitrogens with one attached hydrogen (secondary N) is 1. The Morgan fingerprint density at radius 3 is 2.40 bits per heavy atom. The van der Waals surface area contributed by atoms with Gasteiger partial charge in [0.25, 0.3) is 0 Å². The summed E-state index contributed by atoms with van der Waals surface area (Å²) in [4.78, 5) is 2.17. The highest BCUT2D eigenvalue weighted by molar-refractivity contribution is 5.55. The van der Waals surface area contributed by atoms with Gasteiger partial charge < -0.3 is 21.1 Å². The van der Waals surface area contributed by atoms with Crippen molar-refractivity contribution >= 4 is 11.4 Å². The summed E-state index contributed by atoms with van der Waals surface area (Å²) in [6, 6.07) is 9.45. The van der Waals surface area contributed by atoms with E-state index in [0.717, 1.165) is 37.9 Å². The van der Waals surface area contributed by atoms with E-state index in [0.29, 0.717) is 18.6 Å². The van der Waals surface area contributed by atoms with Crippen LogP contribution in [0.4, 0.5) is 11.4 Å². The van der Waals surface area contributed by atoms with Gasteiger partial charge in [0.1, 0.15) is 0 Å². The van der Waals surface area contributed by atoms with Crippen LogP contribution in [0, 0.1) is 0 Å². The SMILES string of the molecule is CCN(CCO)c1ccc(NC2CCC(N)CC2)cc1. The summed E-state index contributed by atoms with van der Waals surface area (Å²) < 4.78 is 0. The fourth-order valence-corrected chi connectivity index (χ4v) is 2.86. The van der Waals surface area contributed by atoms with Gasteiger partial charge in [-0.15, -0.1) is 0 Å². The van der Waals surface area contributed by atoms with Crippen LogP contribution in [0.3, 0.4) is 0 Å². The van der Waals surface area contributed by atoms with Crippen molar-refractivity contribution in [3.8, 4) is 0 Å². The molecule has 1 saturated carbocycles. The lowest BCUT2D eigenvalue weighted by Crippen LogP contribution is -2.32. The first-order valence-electron chi connectivity index (χ1n) is 7.71. The lowest BCUT2D eigenvalue weighted by molar-refractivity contribution is 0.302. The lowest BCUT2D eigenvalue weighted by Gasteiger charge is -2.28. The number of aliphatic hydroxyl groups is 1. The Kier molecular flexibility index (Phi) is 5.68. The molecule has 0 amide bonds. The molecule has 2 rings (SSSR count). The molecule has 0 bridgehead atoms. The fourth-order valence-electron chi connectivity index (χ4n) is 2.86. The molecular weight excluding hydrogens is 250 g/mol. The molecule has 0 heterocycles. The minimum absolute atomic E-state index is 0.191. The molecule has 1 aromatic rings. The van der Waals surface area contributed by atoms with E-state index in [2.05, 4.69) is 41.4 Å². The maximum atomic E-state index is 9.06. The number of hydrogen-bond acceptors (Lipinski definition) is 4. The molecule has 0 aromatic heterocycles. The first-order valence-corrected chi connectivity index (χ1v) is 7.71. The quantitative estimate of drug-likeness (QED) is 0.746. The van der Waals surface area contributed by atoms with Gasteiger partial charge in [-0.1, -0.05) is 0 Å². The molecular formula is C16H27N3O. The zero-order valence-corrected chi connectivity index (χ0v) is 12.4. The smallest absolute Gasteiger partial charge is 0.0606 e. The number of likely N-dealkylation sites (N-methyl/N-ethyl adjacent to an activating group) is 1. The number of benzene rings is 1. The van der Waals surface area contributed by atoms with Crippen molar-refractivity contribution in [2.75, 3.05) is 29.9 Å². The topological polar surface area (TPSA) is 61.5 Å². The standard InChI is InChI=1S/C16H27N3O/c1-2-19(11-12-20)16-9-7-15(8-10-16)18-14-5-3-13(17)4-6-14/h7-10,13-14,18,20H,2-6,11-12,17H2,1H3. The monoisotopic (exact) mass is 277 g/mol. The normalized spacial score (nSPS) is 22.6. The van der Waals surface area contributed by atoms with Crippen LogP contribution in [-0.2, 0) is 0 Å². The molecule has 0 saturated heterocycles. The van der Waals surface area contributed by atoms with Gasteiger partial charge in [0.15, 0.2) is 0 Å². The summed E-state index contributed by atoms with van der Waals surface area (Å²) in [6.07, 6.45) is 4.56. The first kappa shape index (κ1) is 15.1. The van der Waals surface area contributed by atoms with Gasteiger partial charge in [-0.25, -0.2) is 0 Å². The van der Waals surface area contributed by atoms with E-state index in [1.807, 2.05) is 0 Å². The highest BCUT2D eigenvalue weighted by Crippen LogP contribution is 2.23. The zero-order chi connectivity index (χ0) is 14.4. The van der Waals surface area contributed by atoms with Gasteiger partial charge in [0, 0.05) is 36.5 Å². The van der Waals surface area contributed by atoms with Gasteiger partial charge >= 0.3 is 0 Å². The Bertz CT molecular complexity index is 385. The molecule has 0 aliphatic heterocycles.